The lowest BCUT2D eigenvalue weighted by molar-refractivity contribution is -0.384. The number of rotatable bonds is 2. The molecule has 1 aliphatic rings. The quantitative estimate of drug-likeness (QED) is 0.569. The summed E-state index contributed by atoms with van der Waals surface area (Å²) in [6, 6.07) is 7.90. The van der Waals surface area contributed by atoms with Crippen molar-refractivity contribution in [2.45, 2.75) is 6.42 Å². The third-order valence-corrected chi connectivity index (χ3v) is 2.66. The molecule has 1 aromatic rings. The van der Waals surface area contributed by atoms with Crippen LogP contribution in [-0.2, 0) is 4.79 Å². The second kappa shape index (κ2) is 4.22. The number of nitrogens with zero attached hydrogens (tertiary/aromatic N) is 3. The van der Waals surface area contributed by atoms with Gasteiger partial charge in [-0.2, -0.15) is 5.26 Å². The Labute approximate surface area is 97.2 Å². The second-order valence-corrected chi connectivity index (χ2v) is 3.81. The van der Waals surface area contributed by atoms with Crippen LogP contribution < -0.4 is 4.90 Å². The van der Waals surface area contributed by atoms with Gasteiger partial charge in [-0.3, -0.25) is 14.9 Å². The molecule has 0 aromatic heterocycles. The highest BCUT2D eigenvalue weighted by Gasteiger charge is 2.30. The van der Waals surface area contributed by atoms with E-state index in [4.69, 9.17) is 5.26 Å². The third-order valence-electron chi connectivity index (χ3n) is 2.66. The van der Waals surface area contributed by atoms with Crippen LogP contribution in [0.1, 0.15) is 6.42 Å². The predicted molar refractivity (Wildman–Crippen MR) is 59.2 cm³/mol. The lowest BCUT2D eigenvalue weighted by Crippen LogP contribution is -2.24. The van der Waals surface area contributed by atoms with E-state index in [1.54, 1.807) is 6.07 Å². The van der Waals surface area contributed by atoms with Gasteiger partial charge in [-0.05, 0) is 6.07 Å². The summed E-state index contributed by atoms with van der Waals surface area (Å²) in [7, 11) is 0. The van der Waals surface area contributed by atoms with Gasteiger partial charge in [0.15, 0.2) is 0 Å². The highest BCUT2D eigenvalue weighted by molar-refractivity contribution is 5.96. The van der Waals surface area contributed by atoms with E-state index in [1.807, 2.05) is 6.07 Å². The third kappa shape index (κ3) is 2.08. The molecular formula is C11H9N3O3. The van der Waals surface area contributed by atoms with E-state index >= 15 is 0 Å². The molecule has 0 bridgehead atoms. The first kappa shape index (κ1) is 11.1. The smallest absolute Gasteiger partial charge is 0.271 e. The molecule has 0 spiro atoms. The Kier molecular flexibility index (Phi) is 2.75. The average molecular weight is 231 g/mol. The monoisotopic (exact) mass is 231 g/mol. The van der Waals surface area contributed by atoms with Gasteiger partial charge in [0, 0.05) is 25.1 Å². The number of carbonyl (C=O) groups excluding carboxylic acids is 1. The number of anilines is 1. The van der Waals surface area contributed by atoms with Crippen molar-refractivity contribution in [1.82, 2.24) is 0 Å². The number of hydrogen-bond acceptors (Lipinski definition) is 4. The van der Waals surface area contributed by atoms with E-state index in [9.17, 15) is 14.9 Å². The van der Waals surface area contributed by atoms with E-state index in [2.05, 4.69) is 0 Å². The van der Waals surface area contributed by atoms with Crippen molar-refractivity contribution in [1.29, 1.82) is 5.26 Å². The summed E-state index contributed by atoms with van der Waals surface area (Å²) in [6.07, 6.45) is 0.180. The van der Waals surface area contributed by atoms with Crippen molar-refractivity contribution in [2.75, 3.05) is 11.4 Å². The zero-order chi connectivity index (χ0) is 12.4. The predicted octanol–water partition coefficient (Wildman–Crippen LogP) is 1.47. The normalized spacial score (nSPS) is 19.1. The van der Waals surface area contributed by atoms with Gasteiger partial charge in [0.2, 0.25) is 5.91 Å². The number of nitriles is 1. The van der Waals surface area contributed by atoms with Gasteiger partial charge in [-0.15, -0.1) is 0 Å². The Morgan fingerprint density at radius 2 is 2.29 bits per heavy atom. The SMILES string of the molecule is N#CC1CC(=O)N(c2cccc([N+](=O)[O-])c2)C1. The van der Waals surface area contributed by atoms with Gasteiger partial charge in [0.05, 0.1) is 22.6 Å². The molecule has 0 radical (unpaired) electrons. The molecule has 1 aliphatic heterocycles. The fourth-order valence-electron chi connectivity index (χ4n) is 1.82. The Hall–Kier alpha value is -2.42. The minimum atomic E-state index is -0.508. The lowest BCUT2D eigenvalue weighted by Gasteiger charge is -2.15. The van der Waals surface area contributed by atoms with Gasteiger partial charge in [-0.1, -0.05) is 6.07 Å². The maximum atomic E-state index is 11.6. The molecular weight excluding hydrogens is 222 g/mol. The molecule has 17 heavy (non-hydrogen) atoms. The first-order valence-electron chi connectivity index (χ1n) is 5.06. The minimum Gasteiger partial charge on any atom is -0.311 e. The topological polar surface area (TPSA) is 87.2 Å². The van der Waals surface area contributed by atoms with E-state index in [1.165, 1.54) is 23.1 Å². The van der Waals surface area contributed by atoms with E-state index in [0.29, 0.717) is 12.2 Å². The van der Waals surface area contributed by atoms with Gasteiger partial charge >= 0.3 is 0 Å². The summed E-state index contributed by atoms with van der Waals surface area (Å²) >= 11 is 0. The highest BCUT2D eigenvalue weighted by atomic mass is 16.6. The molecule has 86 valence electrons. The molecule has 1 atom stereocenters. The van der Waals surface area contributed by atoms with Crippen LogP contribution in [0.15, 0.2) is 24.3 Å². The Bertz CT molecular complexity index is 521. The molecule has 1 saturated heterocycles. The van der Waals surface area contributed by atoms with Crippen LogP contribution in [0.5, 0.6) is 0 Å². The van der Waals surface area contributed by atoms with Crippen molar-refractivity contribution < 1.29 is 9.72 Å². The maximum absolute atomic E-state index is 11.6. The molecule has 1 fully saturated rings. The molecule has 1 amide bonds. The summed E-state index contributed by atoms with van der Waals surface area (Å²) in [6.45, 7) is 0.302. The molecule has 6 nitrogen and oxygen atoms in total. The van der Waals surface area contributed by atoms with Crippen LogP contribution >= 0.6 is 0 Å². The van der Waals surface area contributed by atoms with Gasteiger partial charge < -0.3 is 4.90 Å². The first-order valence-corrected chi connectivity index (χ1v) is 5.06. The number of hydrogen-bond donors (Lipinski definition) is 0. The van der Waals surface area contributed by atoms with Gasteiger partial charge in [0.25, 0.3) is 5.69 Å². The van der Waals surface area contributed by atoms with Crippen molar-refractivity contribution in [3.8, 4) is 6.07 Å². The molecule has 0 N–H and O–H groups in total. The van der Waals surface area contributed by atoms with E-state index in [-0.39, 0.29) is 23.9 Å². The van der Waals surface area contributed by atoms with E-state index in [0.717, 1.165) is 0 Å². The van der Waals surface area contributed by atoms with Crippen molar-refractivity contribution in [3.05, 3.63) is 34.4 Å². The summed E-state index contributed by atoms with van der Waals surface area (Å²) in [5.74, 6) is -0.501. The van der Waals surface area contributed by atoms with Crippen LogP contribution in [0.2, 0.25) is 0 Å². The second-order valence-electron chi connectivity index (χ2n) is 3.81. The fraction of sp³-hybridized carbons (Fsp3) is 0.273. The summed E-state index contributed by atoms with van der Waals surface area (Å²) < 4.78 is 0. The number of non-ortho nitro benzene ring substituents is 1. The van der Waals surface area contributed by atoms with E-state index < -0.39 is 4.92 Å². The number of carbonyl (C=O) groups is 1. The molecule has 1 unspecified atom stereocenters. The van der Waals surface area contributed by atoms with Crippen LogP contribution in [0, 0.1) is 27.4 Å². The number of amides is 1. The van der Waals surface area contributed by atoms with Crippen LogP contribution in [0.4, 0.5) is 11.4 Å². The molecule has 6 heteroatoms. The fourth-order valence-corrected chi connectivity index (χ4v) is 1.82. The molecule has 0 saturated carbocycles. The summed E-state index contributed by atoms with van der Waals surface area (Å²) in [5, 5.41) is 19.4. The van der Waals surface area contributed by atoms with Gasteiger partial charge in [-0.25, -0.2) is 0 Å². The molecule has 1 heterocycles. The molecule has 2 rings (SSSR count). The maximum Gasteiger partial charge on any atom is 0.271 e. The zero-order valence-corrected chi connectivity index (χ0v) is 8.87. The summed E-state index contributed by atoms with van der Waals surface area (Å²) in [4.78, 5) is 23.2. The van der Waals surface area contributed by atoms with Crippen LogP contribution in [0.25, 0.3) is 0 Å². The number of nitro benzene ring substituents is 1. The largest absolute Gasteiger partial charge is 0.311 e. The minimum absolute atomic E-state index is 0.0595. The average Bonchev–Trinajstić information content (AvgIpc) is 2.71. The Balaban J connectivity index is 2.29. The number of benzene rings is 1. The van der Waals surface area contributed by atoms with Crippen molar-refractivity contribution in [3.63, 3.8) is 0 Å². The summed E-state index contributed by atoms with van der Waals surface area (Å²) in [5.41, 5.74) is 0.414. The highest BCUT2D eigenvalue weighted by Crippen LogP contribution is 2.27. The van der Waals surface area contributed by atoms with Crippen molar-refractivity contribution in [2.24, 2.45) is 5.92 Å². The zero-order valence-electron chi connectivity index (χ0n) is 8.87. The Morgan fingerprint density at radius 3 is 2.88 bits per heavy atom. The molecule has 0 aliphatic carbocycles. The lowest BCUT2D eigenvalue weighted by atomic mass is 10.1. The first-order chi connectivity index (χ1) is 8.11. The molecule has 1 aromatic carbocycles. The standard InChI is InChI=1S/C11H9N3O3/c12-6-8-4-11(15)13(7-8)9-2-1-3-10(5-9)14(16)17/h1-3,5,8H,4,7H2. The Morgan fingerprint density at radius 1 is 1.53 bits per heavy atom. The number of nitro groups is 1. The van der Waals surface area contributed by atoms with Gasteiger partial charge in [0.1, 0.15) is 0 Å². The van der Waals surface area contributed by atoms with Crippen LogP contribution in [-0.4, -0.2) is 17.4 Å². The van der Waals surface area contributed by atoms with Crippen LogP contribution in [0.3, 0.4) is 0 Å². The van der Waals surface area contributed by atoms with Crippen molar-refractivity contribution >= 4 is 17.3 Å².